The number of ether oxygens (including phenoxy) is 1. The second-order valence-electron chi connectivity index (χ2n) is 5.27. The average molecular weight is 282 g/mol. The van der Waals surface area contributed by atoms with Gasteiger partial charge in [0.15, 0.2) is 6.61 Å². The molecule has 1 heterocycles. The van der Waals surface area contributed by atoms with E-state index < -0.39 is 0 Å². The minimum Gasteiger partial charge on any atom is -0.482 e. The summed E-state index contributed by atoms with van der Waals surface area (Å²) in [5.74, 6) is 0.612. The van der Waals surface area contributed by atoms with E-state index in [9.17, 15) is 4.79 Å². The Labute approximate surface area is 124 Å². The third-order valence-electron chi connectivity index (χ3n) is 3.65. The van der Waals surface area contributed by atoms with Gasteiger partial charge in [0, 0.05) is 11.7 Å². The summed E-state index contributed by atoms with van der Waals surface area (Å²) in [6, 6.07) is 14.2. The molecule has 1 aliphatic rings. The van der Waals surface area contributed by atoms with Crippen LogP contribution in [0.25, 0.3) is 0 Å². The van der Waals surface area contributed by atoms with Crippen molar-refractivity contribution >= 4 is 17.3 Å². The summed E-state index contributed by atoms with van der Waals surface area (Å²) in [5.41, 5.74) is 4.16. The number of hydrogen-bond acceptors (Lipinski definition) is 3. The summed E-state index contributed by atoms with van der Waals surface area (Å²) >= 11 is 0. The van der Waals surface area contributed by atoms with E-state index in [2.05, 4.69) is 36.6 Å². The summed E-state index contributed by atoms with van der Waals surface area (Å²) in [4.78, 5) is 11.4. The molecule has 0 aromatic heterocycles. The van der Waals surface area contributed by atoms with E-state index in [-0.39, 0.29) is 18.6 Å². The van der Waals surface area contributed by atoms with Crippen LogP contribution in [0.3, 0.4) is 0 Å². The first-order valence-electron chi connectivity index (χ1n) is 7.02. The highest BCUT2D eigenvalue weighted by Gasteiger charge is 2.17. The van der Waals surface area contributed by atoms with Crippen LogP contribution in [0.15, 0.2) is 42.5 Å². The number of nitrogens with one attached hydrogen (secondary N) is 2. The molecule has 21 heavy (non-hydrogen) atoms. The van der Waals surface area contributed by atoms with E-state index in [0.29, 0.717) is 0 Å². The number of carbonyl (C=O) groups is 1. The van der Waals surface area contributed by atoms with Gasteiger partial charge in [-0.15, -0.1) is 0 Å². The summed E-state index contributed by atoms with van der Waals surface area (Å²) < 4.78 is 5.38. The third-order valence-corrected chi connectivity index (χ3v) is 3.65. The molecule has 0 saturated carbocycles. The topological polar surface area (TPSA) is 50.4 Å². The molecule has 1 atom stereocenters. The Morgan fingerprint density at radius 1 is 1.24 bits per heavy atom. The van der Waals surface area contributed by atoms with Crippen LogP contribution < -0.4 is 15.4 Å². The Morgan fingerprint density at radius 2 is 2.05 bits per heavy atom. The number of hydrogen-bond donors (Lipinski definition) is 2. The highest BCUT2D eigenvalue weighted by molar-refractivity contribution is 5.95. The Balaban J connectivity index is 1.82. The van der Waals surface area contributed by atoms with Crippen LogP contribution in [0.5, 0.6) is 5.75 Å². The second-order valence-corrected chi connectivity index (χ2v) is 5.27. The molecule has 1 unspecified atom stereocenters. The van der Waals surface area contributed by atoms with Crippen molar-refractivity contribution in [3.63, 3.8) is 0 Å². The van der Waals surface area contributed by atoms with Gasteiger partial charge in [0.05, 0.1) is 5.69 Å². The first-order valence-corrected chi connectivity index (χ1v) is 7.02. The number of benzene rings is 2. The molecule has 0 bridgehead atoms. The van der Waals surface area contributed by atoms with Crippen LogP contribution in [-0.2, 0) is 4.79 Å². The van der Waals surface area contributed by atoms with Gasteiger partial charge < -0.3 is 15.4 Å². The molecule has 0 aliphatic carbocycles. The summed E-state index contributed by atoms with van der Waals surface area (Å²) in [5, 5.41) is 6.33. The van der Waals surface area contributed by atoms with Crippen molar-refractivity contribution in [3.8, 4) is 5.75 Å². The summed E-state index contributed by atoms with van der Waals surface area (Å²) in [6.07, 6.45) is 0. The summed E-state index contributed by atoms with van der Waals surface area (Å²) in [6.45, 7) is 4.26. The molecule has 3 rings (SSSR count). The lowest BCUT2D eigenvalue weighted by molar-refractivity contribution is -0.118. The minimum atomic E-state index is -0.112. The van der Waals surface area contributed by atoms with Crippen molar-refractivity contribution in [2.75, 3.05) is 17.2 Å². The van der Waals surface area contributed by atoms with Gasteiger partial charge in [-0.1, -0.05) is 24.3 Å². The predicted octanol–water partition coefficient (Wildman–Crippen LogP) is 3.50. The van der Waals surface area contributed by atoms with Gasteiger partial charge in [-0.05, 0) is 43.2 Å². The van der Waals surface area contributed by atoms with Crippen LogP contribution in [0.1, 0.15) is 24.1 Å². The van der Waals surface area contributed by atoms with E-state index >= 15 is 0 Å². The number of amides is 1. The highest BCUT2D eigenvalue weighted by atomic mass is 16.5. The van der Waals surface area contributed by atoms with Gasteiger partial charge in [0.2, 0.25) is 0 Å². The van der Waals surface area contributed by atoms with Crippen molar-refractivity contribution in [2.24, 2.45) is 0 Å². The molecule has 4 nitrogen and oxygen atoms in total. The Kier molecular flexibility index (Phi) is 3.52. The summed E-state index contributed by atoms with van der Waals surface area (Å²) in [7, 11) is 0. The molecular weight excluding hydrogens is 264 g/mol. The Hall–Kier alpha value is -2.49. The van der Waals surface area contributed by atoms with Crippen molar-refractivity contribution in [3.05, 3.63) is 53.6 Å². The number of fused-ring (bicyclic) bond motifs is 1. The first-order chi connectivity index (χ1) is 10.1. The molecule has 1 amide bonds. The first kappa shape index (κ1) is 13.5. The third kappa shape index (κ3) is 2.84. The predicted molar refractivity (Wildman–Crippen MR) is 83.8 cm³/mol. The van der Waals surface area contributed by atoms with Crippen molar-refractivity contribution < 1.29 is 9.53 Å². The minimum absolute atomic E-state index is 0.0867. The molecule has 0 spiro atoms. The quantitative estimate of drug-likeness (QED) is 0.906. The number of anilines is 2. The van der Waals surface area contributed by atoms with Gasteiger partial charge in [0.25, 0.3) is 5.91 Å². The maximum absolute atomic E-state index is 11.4. The number of carbonyl (C=O) groups excluding carboxylic acids is 1. The molecule has 108 valence electrons. The Bertz CT molecular complexity index is 682. The van der Waals surface area contributed by atoms with Crippen molar-refractivity contribution in [2.45, 2.75) is 19.9 Å². The monoisotopic (exact) mass is 282 g/mol. The largest absolute Gasteiger partial charge is 0.482 e. The molecule has 2 aromatic rings. The van der Waals surface area contributed by atoms with E-state index in [0.717, 1.165) is 22.7 Å². The number of aryl methyl sites for hydroxylation is 1. The Morgan fingerprint density at radius 3 is 2.86 bits per heavy atom. The molecule has 4 heteroatoms. The van der Waals surface area contributed by atoms with Gasteiger partial charge in [-0.25, -0.2) is 0 Å². The normalized spacial score (nSPS) is 14.7. The second kappa shape index (κ2) is 5.48. The average Bonchev–Trinajstić information content (AvgIpc) is 2.48. The zero-order valence-corrected chi connectivity index (χ0v) is 12.1. The SMILES string of the molecule is Cc1ccccc1NC(C)c1ccc2c(c1)NC(=O)CO2. The maximum Gasteiger partial charge on any atom is 0.262 e. The fourth-order valence-corrected chi connectivity index (χ4v) is 2.42. The molecule has 0 radical (unpaired) electrons. The fourth-order valence-electron chi connectivity index (χ4n) is 2.42. The molecule has 0 fully saturated rings. The van der Waals surface area contributed by atoms with Gasteiger partial charge in [-0.2, -0.15) is 0 Å². The lowest BCUT2D eigenvalue weighted by Gasteiger charge is -2.22. The van der Waals surface area contributed by atoms with Crippen LogP contribution in [0.4, 0.5) is 11.4 Å². The fraction of sp³-hybridized carbons (Fsp3) is 0.235. The van der Waals surface area contributed by atoms with Gasteiger partial charge in [0.1, 0.15) is 5.75 Å². The molecule has 1 aliphatic heterocycles. The van der Waals surface area contributed by atoms with Crippen LogP contribution >= 0.6 is 0 Å². The number of rotatable bonds is 3. The lowest BCUT2D eigenvalue weighted by atomic mass is 10.1. The molecule has 2 N–H and O–H groups in total. The number of para-hydroxylation sites is 1. The maximum atomic E-state index is 11.4. The van der Waals surface area contributed by atoms with E-state index in [1.807, 2.05) is 30.3 Å². The molecule has 0 saturated heterocycles. The van der Waals surface area contributed by atoms with Crippen LogP contribution in [-0.4, -0.2) is 12.5 Å². The molecule has 2 aromatic carbocycles. The smallest absolute Gasteiger partial charge is 0.262 e. The zero-order valence-electron chi connectivity index (χ0n) is 12.1. The van der Waals surface area contributed by atoms with Crippen molar-refractivity contribution in [1.82, 2.24) is 0 Å². The van der Waals surface area contributed by atoms with Crippen molar-refractivity contribution in [1.29, 1.82) is 0 Å². The van der Waals surface area contributed by atoms with E-state index in [4.69, 9.17) is 4.74 Å². The van der Waals surface area contributed by atoms with Gasteiger partial charge >= 0.3 is 0 Å². The standard InChI is InChI=1S/C17H18N2O2/c1-11-5-3-4-6-14(11)18-12(2)13-7-8-16-15(9-13)19-17(20)10-21-16/h3-9,12,18H,10H2,1-2H3,(H,19,20). The van der Waals surface area contributed by atoms with E-state index in [1.54, 1.807) is 0 Å². The highest BCUT2D eigenvalue weighted by Crippen LogP contribution is 2.31. The van der Waals surface area contributed by atoms with Gasteiger partial charge in [-0.3, -0.25) is 4.79 Å². The zero-order chi connectivity index (χ0) is 14.8. The van der Waals surface area contributed by atoms with Crippen LogP contribution in [0, 0.1) is 6.92 Å². The van der Waals surface area contributed by atoms with Crippen LogP contribution in [0.2, 0.25) is 0 Å². The lowest BCUT2D eigenvalue weighted by Crippen LogP contribution is -2.25. The molecular formula is C17H18N2O2. The van der Waals surface area contributed by atoms with E-state index in [1.165, 1.54) is 5.56 Å².